The lowest BCUT2D eigenvalue weighted by molar-refractivity contribution is 0.316. The summed E-state index contributed by atoms with van der Waals surface area (Å²) >= 11 is 0. The molecule has 5 heteroatoms. The van der Waals surface area contributed by atoms with E-state index >= 15 is 0 Å². The van der Waals surface area contributed by atoms with Crippen LogP contribution in [-0.2, 0) is 5.41 Å². The molecule has 0 aromatic heterocycles. The summed E-state index contributed by atoms with van der Waals surface area (Å²) in [5, 5.41) is 4.83. The highest BCUT2D eigenvalue weighted by atomic mass is 28.3. The Morgan fingerprint density at radius 1 is 0.643 bits per heavy atom. The van der Waals surface area contributed by atoms with Crippen LogP contribution < -0.4 is 25.0 Å². The van der Waals surface area contributed by atoms with E-state index in [4.69, 9.17) is 9.47 Å². The third-order valence-corrected chi connectivity index (χ3v) is 15.0. The van der Waals surface area contributed by atoms with Crippen molar-refractivity contribution in [3.63, 3.8) is 0 Å². The van der Waals surface area contributed by atoms with E-state index < -0.39 is 25.7 Å². The van der Waals surface area contributed by atoms with Crippen molar-refractivity contribution in [2.45, 2.75) is 71.0 Å². The Balaban J connectivity index is 1.45. The molecule has 0 saturated carbocycles. The topological polar surface area (TPSA) is 18.5 Å². The average molecular weight is 609 g/mol. The minimum absolute atomic E-state index is 0.288. The molecule has 4 rings (SSSR count). The molecule has 42 heavy (non-hydrogen) atoms. The summed E-state index contributed by atoms with van der Waals surface area (Å²) < 4.78 is 12.0. The molecule has 2 radical (unpaired) electrons. The number of hydrogen-bond donors (Lipinski definition) is 0. The van der Waals surface area contributed by atoms with Gasteiger partial charge in [-0.3, -0.25) is 0 Å². The van der Waals surface area contributed by atoms with Crippen LogP contribution in [0.2, 0.25) is 45.3 Å². The first-order valence-corrected chi connectivity index (χ1v) is 23.5. The zero-order valence-corrected chi connectivity index (χ0v) is 29.9. The molecule has 1 unspecified atom stereocenters. The SMILES string of the molecule is CCOc1ccc(C(C)(c2ccccc2)c2ccc(OCCC[Si](C)(C)c3cc([Si](C)C)cc([Si](C)C)c3)cc2)cc1. The van der Waals surface area contributed by atoms with Crippen LogP contribution in [-0.4, -0.2) is 38.9 Å². The lowest BCUT2D eigenvalue weighted by Gasteiger charge is -2.32. The Morgan fingerprint density at radius 2 is 1.12 bits per heavy atom. The third kappa shape index (κ3) is 7.55. The van der Waals surface area contributed by atoms with E-state index in [9.17, 15) is 0 Å². The monoisotopic (exact) mass is 608 g/mol. The van der Waals surface area contributed by atoms with Gasteiger partial charge in [0.05, 0.1) is 38.9 Å². The number of rotatable bonds is 13. The Labute approximate surface area is 259 Å². The Bertz CT molecular complexity index is 1390. The van der Waals surface area contributed by atoms with E-state index in [0.29, 0.717) is 6.61 Å². The first kappa shape index (κ1) is 32.1. The molecule has 4 aromatic rings. The summed E-state index contributed by atoms with van der Waals surface area (Å²) in [6.07, 6.45) is 1.08. The molecular formula is C37H48O2Si3. The third-order valence-electron chi connectivity index (χ3n) is 8.61. The standard InChI is InChI=1S/C37H48O2Si3/c1-9-38-32-20-16-30(17-21-32)37(2,29-14-11-10-12-15-29)31-18-22-33(23-19-31)39-24-13-25-42(7,8)36-27-34(40(3)4)26-35(28-36)41(5)6/h10-12,14-23,26-28H,9,13,24-25H2,1-8H3. The van der Waals surface area contributed by atoms with Gasteiger partial charge in [0.15, 0.2) is 0 Å². The number of hydrogen-bond acceptors (Lipinski definition) is 2. The van der Waals surface area contributed by atoms with Gasteiger partial charge >= 0.3 is 0 Å². The highest BCUT2D eigenvalue weighted by Gasteiger charge is 2.31. The second kappa shape index (κ2) is 14.1. The van der Waals surface area contributed by atoms with Gasteiger partial charge in [-0.15, -0.1) is 0 Å². The van der Waals surface area contributed by atoms with Crippen molar-refractivity contribution in [2.24, 2.45) is 0 Å². The van der Waals surface area contributed by atoms with Crippen LogP contribution in [0.25, 0.3) is 0 Å². The van der Waals surface area contributed by atoms with E-state index in [2.05, 4.69) is 143 Å². The van der Waals surface area contributed by atoms with Crippen LogP contribution in [0.4, 0.5) is 0 Å². The molecule has 1 atom stereocenters. The lowest BCUT2D eigenvalue weighted by Crippen LogP contribution is -2.47. The summed E-state index contributed by atoms with van der Waals surface area (Å²) in [6.45, 7) is 20.5. The molecule has 2 nitrogen and oxygen atoms in total. The molecule has 0 aliphatic rings. The first-order valence-electron chi connectivity index (χ1n) is 15.3. The summed E-state index contributed by atoms with van der Waals surface area (Å²) in [5.74, 6) is 1.85. The summed E-state index contributed by atoms with van der Waals surface area (Å²) in [6, 6.07) is 36.9. The van der Waals surface area contributed by atoms with Gasteiger partial charge in [0.25, 0.3) is 0 Å². The largest absolute Gasteiger partial charge is 0.494 e. The lowest BCUT2D eigenvalue weighted by atomic mass is 9.71. The van der Waals surface area contributed by atoms with Gasteiger partial charge in [0, 0.05) is 5.41 Å². The maximum atomic E-state index is 6.30. The van der Waals surface area contributed by atoms with Crippen LogP contribution >= 0.6 is 0 Å². The van der Waals surface area contributed by atoms with Crippen molar-refractivity contribution in [2.75, 3.05) is 13.2 Å². The number of benzene rings is 4. The Morgan fingerprint density at radius 3 is 1.60 bits per heavy atom. The summed E-state index contributed by atoms with van der Waals surface area (Å²) in [5.41, 5.74) is 3.46. The first-order chi connectivity index (χ1) is 20.0. The molecule has 220 valence electrons. The van der Waals surface area contributed by atoms with Gasteiger partial charge in [-0.25, -0.2) is 0 Å². The molecule has 0 bridgehead atoms. The molecule has 0 amide bonds. The van der Waals surface area contributed by atoms with Crippen molar-refractivity contribution in [1.29, 1.82) is 0 Å². The molecule has 0 heterocycles. The maximum Gasteiger partial charge on any atom is 0.119 e. The minimum Gasteiger partial charge on any atom is -0.494 e. The number of ether oxygens (including phenoxy) is 2. The maximum absolute atomic E-state index is 6.30. The zero-order chi connectivity index (χ0) is 30.3. The highest BCUT2D eigenvalue weighted by molar-refractivity contribution is 6.90. The van der Waals surface area contributed by atoms with Crippen molar-refractivity contribution >= 4 is 41.2 Å². The summed E-state index contributed by atoms with van der Waals surface area (Å²) in [7, 11) is -2.46. The van der Waals surface area contributed by atoms with E-state index in [1.54, 1.807) is 15.6 Å². The molecule has 0 aliphatic heterocycles. The van der Waals surface area contributed by atoms with Gasteiger partial charge in [-0.2, -0.15) is 0 Å². The smallest absolute Gasteiger partial charge is 0.119 e. The second-order valence-corrected chi connectivity index (χ2v) is 22.6. The predicted octanol–water partition coefficient (Wildman–Crippen LogP) is 7.75. The molecular weight excluding hydrogens is 561 g/mol. The molecule has 0 N–H and O–H groups in total. The minimum atomic E-state index is -1.55. The molecule has 0 fully saturated rings. The van der Waals surface area contributed by atoms with E-state index in [0.717, 1.165) is 24.5 Å². The normalized spacial score (nSPS) is 13.3. The van der Waals surface area contributed by atoms with E-state index in [1.165, 1.54) is 22.7 Å². The fourth-order valence-corrected chi connectivity index (χ4v) is 10.3. The highest BCUT2D eigenvalue weighted by Crippen LogP contribution is 2.40. The Kier molecular flexibility index (Phi) is 10.7. The van der Waals surface area contributed by atoms with Crippen LogP contribution in [0.5, 0.6) is 11.5 Å². The van der Waals surface area contributed by atoms with Gasteiger partial charge in [-0.05, 0) is 61.2 Å². The zero-order valence-electron chi connectivity index (χ0n) is 26.9. The second-order valence-electron chi connectivity index (χ2n) is 12.6. The fraction of sp³-hybridized carbons (Fsp3) is 0.351. The van der Waals surface area contributed by atoms with Crippen LogP contribution in [0.15, 0.2) is 97.1 Å². The predicted molar refractivity (Wildman–Crippen MR) is 189 cm³/mol. The summed E-state index contributed by atoms with van der Waals surface area (Å²) in [4.78, 5) is 0. The molecule has 0 saturated heterocycles. The van der Waals surface area contributed by atoms with Crippen molar-refractivity contribution in [3.05, 3.63) is 114 Å². The van der Waals surface area contributed by atoms with Crippen LogP contribution in [0, 0.1) is 0 Å². The van der Waals surface area contributed by atoms with Crippen molar-refractivity contribution < 1.29 is 9.47 Å². The fourth-order valence-electron chi connectivity index (χ4n) is 5.65. The van der Waals surface area contributed by atoms with Crippen LogP contribution in [0.3, 0.4) is 0 Å². The van der Waals surface area contributed by atoms with Crippen molar-refractivity contribution in [3.8, 4) is 11.5 Å². The molecule has 0 aliphatic carbocycles. The van der Waals surface area contributed by atoms with E-state index in [-0.39, 0.29) is 5.41 Å². The van der Waals surface area contributed by atoms with E-state index in [1.807, 2.05) is 6.92 Å². The van der Waals surface area contributed by atoms with Crippen molar-refractivity contribution in [1.82, 2.24) is 0 Å². The molecule has 0 spiro atoms. The van der Waals surface area contributed by atoms with Crippen LogP contribution in [0.1, 0.15) is 37.0 Å². The van der Waals surface area contributed by atoms with Gasteiger partial charge in [0.1, 0.15) is 11.5 Å². The Hall–Kier alpha value is -2.87. The quantitative estimate of drug-likeness (QED) is 0.0878. The van der Waals surface area contributed by atoms with Gasteiger partial charge in [-0.1, -0.05) is 134 Å². The average Bonchev–Trinajstić information content (AvgIpc) is 3.00. The van der Waals surface area contributed by atoms with Gasteiger partial charge < -0.3 is 9.47 Å². The van der Waals surface area contributed by atoms with Gasteiger partial charge in [0.2, 0.25) is 0 Å². The molecule has 4 aromatic carbocycles.